The van der Waals surface area contributed by atoms with Crippen LogP contribution in [0.2, 0.25) is 0 Å². The molecule has 86 valence electrons. The lowest BCUT2D eigenvalue weighted by Crippen LogP contribution is -2.42. The lowest BCUT2D eigenvalue weighted by atomic mass is 10.1. The highest BCUT2D eigenvalue weighted by Crippen LogP contribution is 2.13. The highest BCUT2D eigenvalue weighted by Gasteiger charge is 2.26. The van der Waals surface area contributed by atoms with E-state index in [9.17, 15) is 9.70 Å². The van der Waals surface area contributed by atoms with Crippen LogP contribution in [0, 0.1) is 4.91 Å². The van der Waals surface area contributed by atoms with Crippen molar-refractivity contribution in [2.75, 3.05) is 13.1 Å². The highest BCUT2D eigenvalue weighted by molar-refractivity contribution is 5.68. The van der Waals surface area contributed by atoms with E-state index in [-0.39, 0.29) is 11.6 Å². The summed E-state index contributed by atoms with van der Waals surface area (Å²) in [4.78, 5) is 21.5. The Labute approximate surface area is 88.9 Å². The topological polar surface area (TPSA) is 71.0 Å². The molecule has 1 aliphatic rings. The number of ether oxygens (including phenoxy) is 1. The number of hydrogen-bond donors (Lipinski definition) is 1. The Kier molecular flexibility index (Phi) is 3.49. The second-order valence-electron chi connectivity index (χ2n) is 4.69. The molecule has 1 heterocycles. The molecule has 15 heavy (non-hydrogen) atoms. The number of carbonyl (C=O) groups is 1. The van der Waals surface area contributed by atoms with Gasteiger partial charge in [-0.05, 0) is 20.8 Å². The number of nitroso groups, excluding NO2 is 1. The van der Waals surface area contributed by atoms with E-state index in [2.05, 4.69) is 10.6 Å². The van der Waals surface area contributed by atoms with Crippen molar-refractivity contribution in [3.05, 3.63) is 4.91 Å². The van der Waals surface area contributed by atoms with E-state index in [0.717, 1.165) is 0 Å². The Morgan fingerprint density at radius 2 is 2.20 bits per heavy atom. The maximum absolute atomic E-state index is 11.3. The third-order valence-electron chi connectivity index (χ3n) is 1.99. The van der Waals surface area contributed by atoms with Crippen LogP contribution in [-0.2, 0) is 4.74 Å². The minimum atomic E-state index is -0.444. The first-order chi connectivity index (χ1) is 6.90. The summed E-state index contributed by atoms with van der Waals surface area (Å²) in [6.45, 7) is 6.57. The molecule has 1 amide bonds. The van der Waals surface area contributed by atoms with Crippen LogP contribution in [-0.4, -0.2) is 35.8 Å². The van der Waals surface area contributed by atoms with Crippen LogP contribution in [0.1, 0.15) is 27.2 Å². The Morgan fingerprint density at radius 3 is 2.67 bits per heavy atom. The molecule has 0 radical (unpaired) electrons. The van der Waals surface area contributed by atoms with E-state index in [0.29, 0.717) is 19.5 Å². The molecule has 0 saturated carbocycles. The van der Waals surface area contributed by atoms with Gasteiger partial charge in [0.2, 0.25) is 0 Å². The van der Waals surface area contributed by atoms with Crippen molar-refractivity contribution >= 4 is 6.09 Å². The molecule has 0 aliphatic carbocycles. The number of hydrogen-bond acceptors (Lipinski definition) is 4. The van der Waals surface area contributed by atoms with Crippen molar-refractivity contribution < 1.29 is 9.53 Å². The smallest absolute Gasteiger partial charge is 0.407 e. The van der Waals surface area contributed by atoms with Crippen molar-refractivity contribution in [2.24, 2.45) is 5.29 Å². The number of nitrogens with one attached hydrogen (secondary N) is 1. The lowest BCUT2D eigenvalue weighted by Gasteiger charge is -2.21. The molecule has 0 unspecified atom stereocenters. The zero-order valence-corrected chi connectivity index (χ0v) is 9.32. The Balaban J connectivity index is 2.31. The van der Waals surface area contributed by atoms with E-state index in [1.54, 1.807) is 0 Å². The molecule has 0 aromatic carbocycles. The zero-order valence-electron chi connectivity index (χ0n) is 9.32. The minimum absolute atomic E-state index is 0.231. The van der Waals surface area contributed by atoms with Gasteiger partial charge in [0.25, 0.3) is 0 Å². The van der Waals surface area contributed by atoms with Gasteiger partial charge < -0.3 is 10.1 Å². The summed E-state index contributed by atoms with van der Waals surface area (Å²) in [6, 6.07) is 0. The van der Waals surface area contributed by atoms with Gasteiger partial charge in [0.1, 0.15) is 6.10 Å². The van der Waals surface area contributed by atoms with Crippen molar-refractivity contribution in [1.82, 2.24) is 10.3 Å². The fourth-order valence-corrected chi connectivity index (χ4v) is 1.37. The summed E-state index contributed by atoms with van der Waals surface area (Å²) in [6.07, 6.45) is -0.0196. The molecular formula is C9H17N3O3. The molecule has 6 heteroatoms. The van der Waals surface area contributed by atoms with Gasteiger partial charge in [0.15, 0.2) is 0 Å². The zero-order chi connectivity index (χ0) is 11.5. The quantitative estimate of drug-likeness (QED) is 0.704. The van der Waals surface area contributed by atoms with Gasteiger partial charge in [-0.15, -0.1) is 4.91 Å². The van der Waals surface area contributed by atoms with E-state index in [4.69, 9.17) is 4.74 Å². The molecule has 1 aliphatic heterocycles. The van der Waals surface area contributed by atoms with Gasteiger partial charge >= 0.3 is 6.09 Å². The average molecular weight is 215 g/mol. The Morgan fingerprint density at radius 1 is 1.53 bits per heavy atom. The number of alkyl carbamates (subject to hydrolysis) is 1. The first-order valence-corrected chi connectivity index (χ1v) is 4.98. The minimum Gasteiger partial charge on any atom is -0.444 e. The van der Waals surface area contributed by atoms with Gasteiger partial charge in [0, 0.05) is 18.5 Å². The second-order valence-corrected chi connectivity index (χ2v) is 4.69. The molecule has 1 saturated heterocycles. The first-order valence-electron chi connectivity index (χ1n) is 4.98. The van der Waals surface area contributed by atoms with Crippen molar-refractivity contribution in [2.45, 2.75) is 38.8 Å². The fourth-order valence-electron chi connectivity index (χ4n) is 1.37. The maximum atomic E-state index is 11.3. The number of carbonyl (C=O) groups excluding carboxylic acids is 1. The van der Waals surface area contributed by atoms with Crippen molar-refractivity contribution in [3.63, 3.8) is 0 Å². The second kappa shape index (κ2) is 4.46. The summed E-state index contributed by atoms with van der Waals surface area (Å²) in [5.41, 5.74) is -0.307. The third kappa shape index (κ3) is 4.14. The molecular weight excluding hydrogens is 198 g/mol. The predicted molar refractivity (Wildman–Crippen MR) is 55.1 cm³/mol. The van der Waals surface area contributed by atoms with Gasteiger partial charge in [-0.25, -0.2) is 4.79 Å². The molecule has 6 nitrogen and oxygen atoms in total. The van der Waals surface area contributed by atoms with Crippen LogP contribution in [0.5, 0.6) is 0 Å². The average Bonchev–Trinajstić information content (AvgIpc) is 2.48. The normalized spacial score (nSPS) is 21.3. The van der Waals surface area contributed by atoms with Gasteiger partial charge in [-0.1, -0.05) is 0 Å². The van der Waals surface area contributed by atoms with Crippen molar-refractivity contribution in [1.29, 1.82) is 0 Å². The molecule has 0 aromatic rings. The fraction of sp³-hybridized carbons (Fsp3) is 0.889. The molecule has 1 fully saturated rings. The van der Waals surface area contributed by atoms with Crippen LogP contribution in [0.3, 0.4) is 0 Å². The Bertz CT molecular complexity index is 249. The molecule has 1 rings (SSSR count). The van der Waals surface area contributed by atoms with Gasteiger partial charge in [-0.2, -0.15) is 0 Å². The van der Waals surface area contributed by atoms with Crippen molar-refractivity contribution in [3.8, 4) is 0 Å². The molecule has 0 aromatic heterocycles. The number of nitrogens with zero attached hydrogens (tertiary/aromatic N) is 2. The van der Waals surface area contributed by atoms with Crippen LogP contribution >= 0.6 is 0 Å². The summed E-state index contributed by atoms with van der Waals surface area (Å²) >= 11 is 0. The van der Waals surface area contributed by atoms with Crippen LogP contribution in [0.4, 0.5) is 4.79 Å². The Hall–Kier alpha value is -1.33. The highest BCUT2D eigenvalue weighted by atomic mass is 16.6. The maximum Gasteiger partial charge on any atom is 0.407 e. The summed E-state index contributed by atoms with van der Waals surface area (Å²) < 4.78 is 5.13. The van der Waals surface area contributed by atoms with E-state index >= 15 is 0 Å². The molecule has 1 atom stereocenters. The van der Waals surface area contributed by atoms with E-state index in [1.165, 1.54) is 5.01 Å². The van der Waals surface area contributed by atoms with Crippen LogP contribution < -0.4 is 5.32 Å². The predicted octanol–water partition coefficient (Wildman–Crippen LogP) is 1.27. The molecule has 0 spiro atoms. The largest absolute Gasteiger partial charge is 0.444 e. The van der Waals surface area contributed by atoms with Gasteiger partial charge in [0.05, 0.1) is 11.8 Å². The first kappa shape index (κ1) is 11.7. The molecule has 0 bridgehead atoms. The third-order valence-corrected chi connectivity index (χ3v) is 1.99. The number of amides is 1. The SMILES string of the molecule is CC(C)(C)NC(=O)O[C@H]1CCN(N=O)C1. The van der Waals surface area contributed by atoms with Gasteiger partial charge in [-0.3, -0.25) is 5.01 Å². The van der Waals surface area contributed by atoms with Crippen LogP contribution in [0.15, 0.2) is 5.29 Å². The van der Waals surface area contributed by atoms with E-state index < -0.39 is 6.09 Å². The van der Waals surface area contributed by atoms with E-state index in [1.807, 2.05) is 20.8 Å². The monoisotopic (exact) mass is 215 g/mol. The van der Waals surface area contributed by atoms with Crippen LogP contribution in [0.25, 0.3) is 0 Å². The summed E-state index contributed by atoms with van der Waals surface area (Å²) in [5, 5.41) is 6.84. The lowest BCUT2D eigenvalue weighted by molar-refractivity contribution is 0.0943. The summed E-state index contributed by atoms with van der Waals surface area (Å²) in [5.74, 6) is 0. The number of rotatable bonds is 2. The standard InChI is InChI=1S/C9H17N3O3/c1-9(2,3)10-8(13)15-7-4-5-12(6-7)11-14/h7H,4-6H2,1-3H3,(H,10,13)/t7-/m0/s1. The molecule has 1 N–H and O–H groups in total. The summed E-state index contributed by atoms with van der Waals surface area (Å²) in [7, 11) is 0.